The lowest BCUT2D eigenvalue weighted by molar-refractivity contribution is -0.138. The van der Waals surface area contributed by atoms with Gasteiger partial charge in [0.15, 0.2) is 0 Å². The number of nitrogens with one attached hydrogen (secondary N) is 2. The lowest BCUT2D eigenvalue weighted by atomic mass is 10.2. The summed E-state index contributed by atoms with van der Waals surface area (Å²) in [6.45, 7) is 3.33. The predicted octanol–water partition coefficient (Wildman–Crippen LogP) is 1.34. The Labute approximate surface area is 121 Å². The Morgan fingerprint density at radius 1 is 1.43 bits per heavy atom. The van der Waals surface area contributed by atoms with Crippen molar-refractivity contribution >= 4 is 29.1 Å². The van der Waals surface area contributed by atoms with Gasteiger partial charge in [-0.3, -0.25) is 19.3 Å². The molecule has 0 spiro atoms. The number of carbonyl (C=O) groups is 3. The highest BCUT2D eigenvalue weighted by Gasteiger charge is 2.37. The fraction of sp³-hybridized carbons (Fsp3) is 0.357. The van der Waals surface area contributed by atoms with Gasteiger partial charge in [-0.25, -0.2) is 4.39 Å². The summed E-state index contributed by atoms with van der Waals surface area (Å²) >= 11 is 0. The average Bonchev–Trinajstić information content (AvgIpc) is 2.67. The fourth-order valence-electron chi connectivity index (χ4n) is 2.23. The van der Waals surface area contributed by atoms with Crippen molar-refractivity contribution < 1.29 is 18.8 Å². The Balaban J connectivity index is 2.15. The fourth-order valence-corrected chi connectivity index (χ4v) is 2.23. The van der Waals surface area contributed by atoms with Gasteiger partial charge in [0.05, 0.1) is 12.1 Å². The van der Waals surface area contributed by atoms with Gasteiger partial charge in [-0.2, -0.15) is 0 Å². The lowest BCUT2D eigenvalue weighted by Gasteiger charge is -2.15. The first kappa shape index (κ1) is 15.0. The molecule has 1 aromatic carbocycles. The molecule has 0 saturated carbocycles. The molecule has 1 heterocycles. The maximum atomic E-state index is 13.5. The zero-order chi connectivity index (χ0) is 15.6. The van der Waals surface area contributed by atoms with Crippen LogP contribution in [0.15, 0.2) is 18.2 Å². The summed E-state index contributed by atoms with van der Waals surface area (Å²) in [4.78, 5) is 35.8. The van der Waals surface area contributed by atoms with Crippen molar-refractivity contribution in [3.8, 4) is 0 Å². The molecule has 0 radical (unpaired) electrons. The summed E-state index contributed by atoms with van der Waals surface area (Å²) in [5, 5.41) is 5.26. The van der Waals surface area contributed by atoms with Crippen molar-refractivity contribution in [2.45, 2.75) is 26.3 Å². The monoisotopic (exact) mass is 293 g/mol. The molecule has 1 saturated heterocycles. The minimum Gasteiger partial charge on any atom is -0.373 e. The third-order valence-corrected chi connectivity index (χ3v) is 3.18. The summed E-state index contributed by atoms with van der Waals surface area (Å²) in [5.41, 5.74) is 0.487. The van der Waals surface area contributed by atoms with E-state index >= 15 is 0 Å². The molecule has 1 fully saturated rings. The Kier molecular flexibility index (Phi) is 4.21. The van der Waals surface area contributed by atoms with Crippen LogP contribution in [-0.2, 0) is 14.4 Å². The van der Waals surface area contributed by atoms with E-state index in [1.807, 2.05) is 0 Å². The zero-order valence-electron chi connectivity index (χ0n) is 11.8. The number of amides is 3. The number of nitrogens with zero attached hydrogens (tertiary/aromatic N) is 1. The number of likely N-dealkylation sites (tertiary alicyclic amines) is 1. The Morgan fingerprint density at radius 3 is 2.71 bits per heavy atom. The minimum atomic E-state index is -0.659. The van der Waals surface area contributed by atoms with Crippen LogP contribution in [0.4, 0.5) is 15.8 Å². The van der Waals surface area contributed by atoms with E-state index in [1.54, 1.807) is 6.92 Å². The summed E-state index contributed by atoms with van der Waals surface area (Å²) in [7, 11) is 0. The molecule has 0 bridgehead atoms. The van der Waals surface area contributed by atoms with E-state index < -0.39 is 17.8 Å². The Hall–Kier alpha value is -2.44. The molecule has 6 nitrogen and oxygen atoms in total. The highest BCUT2D eigenvalue weighted by molar-refractivity contribution is 6.06. The number of halogens is 1. The second kappa shape index (κ2) is 5.90. The van der Waals surface area contributed by atoms with Gasteiger partial charge in [-0.05, 0) is 25.1 Å². The molecule has 1 aromatic rings. The highest BCUT2D eigenvalue weighted by Crippen LogP contribution is 2.23. The van der Waals surface area contributed by atoms with E-state index in [-0.39, 0.29) is 23.9 Å². The van der Waals surface area contributed by atoms with Crippen LogP contribution in [0.1, 0.15) is 20.3 Å². The van der Waals surface area contributed by atoms with Crippen LogP contribution in [0.5, 0.6) is 0 Å². The molecule has 2 N–H and O–H groups in total. The lowest BCUT2D eigenvalue weighted by Crippen LogP contribution is -2.34. The second-order valence-corrected chi connectivity index (χ2v) is 4.75. The van der Waals surface area contributed by atoms with Gasteiger partial charge in [0, 0.05) is 19.2 Å². The summed E-state index contributed by atoms with van der Waals surface area (Å²) in [6, 6.07) is 3.37. The summed E-state index contributed by atoms with van der Waals surface area (Å²) in [6.07, 6.45) is 0.0690. The molecular weight excluding hydrogens is 277 g/mol. The van der Waals surface area contributed by atoms with Crippen molar-refractivity contribution in [2.75, 3.05) is 17.2 Å². The van der Waals surface area contributed by atoms with Crippen LogP contribution >= 0.6 is 0 Å². The zero-order valence-corrected chi connectivity index (χ0v) is 11.8. The number of likely N-dealkylation sites (N-methyl/N-ethyl adjacent to an activating group) is 1. The summed E-state index contributed by atoms with van der Waals surface area (Å²) < 4.78 is 13.5. The van der Waals surface area contributed by atoms with E-state index in [0.717, 1.165) is 0 Å². The van der Waals surface area contributed by atoms with Crippen LogP contribution in [-0.4, -0.2) is 35.2 Å². The van der Waals surface area contributed by atoms with E-state index in [9.17, 15) is 18.8 Å². The van der Waals surface area contributed by atoms with Gasteiger partial charge in [-0.1, -0.05) is 0 Å². The van der Waals surface area contributed by atoms with Crippen molar-refractivity contribution in [3.05, 3.63) is 24.0 Å². The molecule has 0 unspecified atom stereocenters. The first-order valence-corrected chi connectivity index (χ1v) is 6.60. The molecule has 1 aliphatic rings. The standard InChI is InChI=1S/C14H16FN3O3/c1-3-18-13(20)7-12(14(18)21)17-9-4-5-10(15)11(6-9)16-8(2)19/h4-6,12,17H,3,7H2,1-2H3,(H,16,19)/t12-/m1/s1. The minimum absolute atomic E-state index is 0.0246. The second-order valence-electron chi connectivity index (χ2n) is 4.75. The van der Waals surface area contributed by atoms with E-state index in [0.29, 0.717) is 12.2 Å². The van der Waals surface area contributed by atoms with Gasteiger partial charge >= 0.3 is 0 Å². The van der Waals surface area contributed by atoms with Crippen molar-refractivity contribution in [1.29, 1.82) is 0 Å². The maximum absolute atomic E-state index is 13.5. The van der Waals surface area contributed by atoms with Crippen molar-refractivity contribution in [3.63, 3.8) is 0 Å². The molecule has 0 aliphatic carbocycles. The molecule has 112 valence electrons. The Morgan fingerprint density at radius 2 is 2.14 bits per heavy atom. The van der Waals surface area contributed by atoms with Crippen LogP contribution in [0.3, 0.4) is 0 Å². The number of anilines is 2. The average molecular weight is 293 g/mol. The molecule has 2 rings (SSSR count). The molecule has 21 heavy (non-hydrogen) atoms. The molecule has 0 aromatic heterocycles. The molecule has 1 aliphatic heterocycles. The third kappa shape index (κ3) is 3.18. The first-order chi connectivity index (χ1) is 9.92. The van der Waals surface area contributed by atoms with Crippen molar-refractivity contribution in [2.24, 2.45) is 0 Å². The SMILES string of the molecule is CCN1C(=O)C[C@@H](Nc2ccc(F)c(NC(C)=O)c2)C1=O. The van der Waals surface area contributed by atoms with Crippen LogP contribution in [0.2, 0.25) is 0 Å². The number of hydrogen-bond donors (Lipinski definition) is 2. The van der Waals surface area contributed by atoms with E-state index in [4.69, 9.17) is 0 Å². The number of imide groups is 1. The topological polar surface area (TPSA) is 78.5 Å². The number of rotatable bonds is 4. The van der Waals surface area contributed by atoms with Gasteiger partial charge in [0.1, 0.15) is 11.9 Å². The summed E-state index contributed by atoms with van der Waals surface area (Å²) in [5.74, 6) is -1.49. The normalized spacial score (nSPS) is 18.0. The van der Waals surface area contributed by atoms with Crippen LogP contribution in [0, 0.1) is 5.82 Å². The molecule has 7 heteroatoms. The maximum Gasteiger partial charge on any atom is 0.252 e. The molecule has 1 atom stereocenters. The third-order valence-electron chi connectivity index (χ3n) is 3.18. The number of carbonyl (C=O) groups excluding carboxylic acids is 3. The first-order valence-electron chi connectivity index (χ1n) is 6.60. The van der Waals surface area contributed by atoms with Gasteiger partial charge < -0.3 is 10.6 Å². The van der Waals surface area contributed by atoms with E-state index in [1.165, 1.54) is 30.0 Å². The molecule has 3 amide bonds. The predicted molar refractivity (Wildman–Crippen MR) is 75.1 cm³/mol. The Bertz CT molecular complexity index is 603. The smallest absolute Gasteiger partial charge is 0.252 e. The highest BCUT2D eigenvalue weighted by atomic mass is 19.1. The van der Waals surface area contributed by atoms with Crippen LogP contribution in [0.25, 0.3) is 0 Å². The number of benzene rings is 1. The van der Waals surface area contributed by atoms with Crippen molar-refractivity contribution in [1.82, 2.24) is 4.90 Å². The van der Waals surface area contributed by atoms with Gasteiger partial charge in [0.25, 0.3) is 5.91 Å². The molecular formula is C14H16FN3O3. The van der Waals surface area contributed by atoms with Gasteiger partial charge in [-0.15, -0.1) is 0 Å². The largest absolute Gasteiger partial charge is 0.373 e. The quantitative estimate of drug-likeness (QED) is 0.821. The van der Waals surface area contributed by atoms with Crippen LogP contribution < -0.4 is 10.6 Å². The number of hydrogen-bond acceptors (Lipinski definition) is 4. The van der Waals surface area contributed by atoms with E-state index in [2.05, 4.69) is 10.6 Å². The van der Waals surface area contributed by atoms with Gasteiger partial charge in [0.2, 0.25) is 11.8 Å².